The van der Waals surface area contributed by atoms with E-state index in [1.54, 1.807) is 30.3 Å². The summed E-state index contributed by atoms with van der Waals surface area (Å²) in [7, 11) is 4.35. The Morgan fingerprint density at radius 2 is 1.65 bits per heavy atom. The highest BCUT2D eigenvalue weighted by molar-refractivity contribution is 6.07. The number of aromatic hydroxyl groups is 1. The molecule has 0 saturated carbocycles. The number of benzene rings is 2. The number of hydrogen-bond acceptors (Lipinski definition) is 5. The van der Waals surface area contributed by atoms with Crippen molar-refractivity contribution in [3.8, 4) is 23.0 Å². The van der Waals surface area contributed by atoms with Crippen LogP contribution in [0, 0.1) is 0 Å². The summed E-state index contributed by atoms with van der Waals surface area (Å²) in [5.74, 6) is 0.549. The molecule has 0 bridgehead atoms. The Kier molecular flexibility index (Phi) is 5.25. The molecule has 0 aliphatic heterocycles. The first-order valence-corrected chi connectivity index (χ1v) is 6.91. The second kappa shape index (κ2) is 7.35. The van der Waals surface area contributed by atoms with Crippen molar-refractivity contribution >= 4 is 11.9 Å². The maximum atomic E-state index is 12.1. The highest BCUT2D eigenvalue weighted by Crippen LogP contribution is 2.46. The van der Waals surface area contributed by atoms with E-state index in [-0.39, 0.29) is 17.3 Å². The van der Waals surface area contributed by atoms with E-state index in [1.165, 1.54) is 33.5 Å². The van der Waals surface area contributed by atoms with Gasteiger partial charge in [-0.3, -0.25) is 4.79 Å². The monoisotopic (exact) mass is 314 g/mol. The lowest BCUT2D eigenvalue weighted by Crippen LogP contribution is -1.97. The van der Waals surface area contributed by atoms with Gasteiger partial charge >= 0.3 is 0 Å². The van der Waals surface area contributed by atoms with Crippen LogP contribution in [0.4, 0.5) is 0 Å². The van der Waals surface area contributed by atoms with E-state index in [0.717, 1.165) is 0 Å². The van der Waals surface area contributed by atoms with Crippen LogP contribution in [0.15, 0.2) is 42.5 Å². The zero-order valence-corrected chi connectivity index (χ0v) is 13.2. The summed E-state index contributed by atoms with van der Waals surface area (Å²) < 4.78 is 15.6. The number of ketones is 1. The minimum absolute atomic E-state index is 0.123. The highest BCUT2D eigenvalue weighted by Gasteiger charge is 2.19. The smallest absolute Gasteiger partial charge is 0.207 e. The molecule has 0 amide bonds. The summed E-state index contributed by atoms with van der Waals surface area (Å²) in [6.45, 7) is 0. The predicted octanol–water partition coefficient (Wildman–Crippen LogP) is 3.31. The van der Waals surface area contributed by atoms with Gasteiger partial charge in [0.1, 0.15) is 0 Å². The van der Waals surface area contributed by atoms with E-state index < -0.39 is 0 Å². The van der Waals surface area contributed by atoms with Crippen molar-refractivity contribution in [2.24, 2.45) is 0 Å². The molecular weight excluding hydrogens is 296 g/mol. The lowest BCUT2D eigenvalue weighted by atomic mass is 10.1. The molecule has 0 unspecified atom stereocenters. The Labute approximate surface area is 134 Å². The van der Waals surface area contributed by atoms with Crippen LogP contribution < -0.4 is 14.2 Å². The summed E-state index contributed by atoms with van der Waals surface area (Å²) in [5, 5.41) is 10.3. The van der Waals surface area contributed by atoms with Crippen LogP contribution in [0.5, 0.6) is 23.0 Å². The van der Waals surface area contributed by atoms with Crippen molar-refractivity contribution in [1.29, 1.82) is 0 Å². The normalized spacial score (nSPS) is 10.6. The van der Waals surface area contributed by atoms with E-state index in [1.807, 2.05) is 6.07 Å². The van der Waals surface area contributed by atoms with Gasteiger partial charge in [-0.1, -0.05) is 30.3 Å². The number of carbonyl (C=O) groups is 1. The third kappa shape index (κ3) is 3.45. The number of phenols is 1. The number of rotatable bonds is 6. The van der Waals surface area contributed by atoms with E-state index in [4.69, 9.17) is 14.2 Å². The minimum atomic E-state index is -0.168. The van der Waals surface area contributed by atoms with Crippen LogP contribution >= 0.6 is 0 Å². The number of allylic oxidation sites excluding steroid dienone is 1. The number of hydrogen-bond donors (Lipinski definition) is 1. The number of carbonyl (C=O) groups excluding carboxylic acids is 1. The SMILES string of the molecule is COc1cc(/C=C/C(=O)c2ccccc2)c(O)c(OC)c1OC. The fraction of sp³-hybridized carbons (Fsp3) is 0.167. The molecule has 0 heterocycles. The van der Waals surface area contributed by atoms with Crippen LogP contribution in [0.3, 0.4) is 0 Å². The lowest BCUT2D eigenvalue weighted by molar-refractivity contribution is 0.104. The van der Waals surface area contributed by atoms with Crippen molar-refractivity contribution in [1.82, 2.24) is 0 Å². The van der Waals surface area contributed by atoms with Crippen LogP contribution in [-0.2, 0) is 0 Å². The van der Waals surface area contributed by atoms with Crippen LogP contribution in [0.2, 0.25) is 0 Å². The Morgan fingerprint density at radius 1 is 1.00 bits per heavy atom. The maximum absolute atomic E-state index is 12.1. The molecule has 5 nitrogen and oxygen atoms in total. The summed E-state index contributed by atoms with van der Waals surface area (Å²) in [6.07, 6.45) is 2.89. The standard InChI is InChI=1S/C18H18O5/c1-21-15-11-13(16(20)18(23-3)17(15)22-2)9-10-14(19)12-7-5-4-6-8-12/h4-11,20H,1-3H3/b10-9+. The quantitative estimate of drug-likeness (QED) is 0.654. The van der Waals surface area contributed by atoms with Gasteiger partial charge in [0.25, 0.3) is 0 Å². The molecule has 0 atom stereocenters. The average Bonchev–Trinajstić information content (AvgIpc) is 2.60. The maximum Gasteiger partial charge on any atom is 0.207 e. The van der Waals surface area contributed by atoms with Gasteiger partial charge in [0.15, 0.2) is 17.3 Å². The molecule has 1 N–H and O–H groups in total. The molecule has 120 valence electrons. The number of methoxy groups -OCH3 is 3. The van der Waals surface area contributed by atoms with Crippen molar-refractivity contribution in [2.75, 3.05) is 21.3 Å². The number of phenolic OH excluding ortho intramolecular Hbond substituents is 1. The first-order valence-electron chi connectivity index (χ1n) is 6.91. The fourth-order valence-corrected chi connectivity index (χ4v) is 2.15. The number of ether oxygens (including phenoxy) is 3. The molecule has 2 aromatic carbocycles. The second-order valence-electron chi connectivity index (χ2n) is 4.65. The van der Waals surface area contributed by atoms with Gasteiger partial charge < -0.3 is 19.3 Å². The molecule has 0 radical (unpaired) electrons. The molecule has 23 heavy (non-hydrogen) atoms. The summed E-state index contributed by atoms with van der Waals surface area (Å²) >= 11 is 0. The Hall–Kier alpha value is -2.95. The molecule has 0 aliphatic rings. The first-order chi connectivity index (χ1) is 11.1. The van der Waals surface area contributed by atoms with E-state index in [0.29, 0.717) is 22.6 Å². The van der Waals surface area contributed by atoms with Gasteiger partial charge in [0.2, 0.25) is 11.5 Å². The molecule has 5 heteroatoms. The van der Waals surface area contributed by atoms with Gasteiger partial charge in [-0.15, -0.1) is 0 Å². The van der Waals surface area contributed by atoms with E-state index >= 15 is 0 Å². The zero-order chi connectivity index (χ0) is 16.8. The average molecular weight is 314 g/mol. The minimum Gasteiger partial charge on any atom is -0.504 e. The predicted molar refractivity (Wildman–Crippen MR) is 87.6 cm³/mol. The Balaban J connectivity index is 2.40. The van der Waals surface area contributed by atoms with Gasteiger partial charge in [-0.05, 0) is 18.2 Å². The summed E-state index contributed by atoms with van der Waals surface area (Å²) in [6, 6.07) is 10.4. The molecule has 2 rings (SSSR count). The van der Waals surface area contributed by atoms with Crippen molar-refractivity contribution < 1.29 is 24.1 Å². The van der Waals surface area contributed by atoms with Crippen molar-refractivity contribution in [3.63, 3.8) is 0 Å². The Morgan fingerprint density at radius 3 is 2.22 bits per heavy atom. The van der Waals surface area contributed by atoms with E-state index in [2.05, 4.69) is 0 Å². The third-order valence-corrected chi connectivity index (χ3v) is 3.31. The second-order valence-corrected chi connectivity index (χ2v) is 4.65. The van der Waals surface area contributed by atoms with Gasteiger partial charge in [0, 0.05) is 11.1 Å². The molecular formula is C18H18O5. The largest absolute Gasteiger partial charge is 0.504 e. The zero-order valence-electron chi connectivity index (χ0n) is 13.2. The third-order valence-electron chi connectivity index (χ3n) is 3.31. The van der Waals surface area contributed by atoms with Crippen LogP contribution in [0.25, 0.3) is 6.08 Å². The summed E-state index contributed by atoms with van der Waals surface area (Å²) in [4.78, 5) is 12.1. The van der Waals surface area contributed by atoms with Crippen molar-refractivity contribution in [2.45, 2.75) is 0 Å². The summed E-state index contributed by atoms with van der Waals surface area (Å²) in [5.41, 5.74) is 0.958. The van der Waals surface area contributed by atoms with Crippen LogP contribution in [0.1, 0.15) is 15.9 Å². The first kappa shape index (κ1) is 16.4. The topological polar surface area (TPSA) is 65.0 Å². The molecule has 0 spiro atoms. The van der Waals surface area contributed by atoms with E-state index in [9.17, 15) is 9.90 Å². The fourth-order valence-electron chi connectivity index (χ4n) is 2.15. The van der Waals surface area contributed by atoms with Crippen LogP contribution in [-0.4, -0.2) is 32.2 Å². The van der Waals surface area contributed by atoms with Gasteiger partial charge in [-0.25, -0.2) is 0 Å². The van der Waals surface area contributed by atoms with Gasteiger partial charge in [-0.2, -0.15) is 0 Å². The highest BCUT2D eigenvalue weighted by atomic mass is 16.5. The molecule has 0 aliphatic carbocycles. The molecule has 0 aromatic heterocycles. The molecule has 0 saturated heterocycles. The lowest BCUT2D eigenvalue weighted by Gasteiger charge is -2.15. The molecule has 0 fully saturated rings. The van der Waals surface area contributed by atoms with Crippen molar-refractivity contribution in [3.05, 3.63) is 53.6 Å². The van der Waals surface area contributed by atoms with Gasteiger partial charge in [0.05, 0.1) is 21.3 Å². The Bertz CT molecular complexity index is 720. The molecule has 2 aromatic rings.